The predicted molar refractivity (Wildman–Crippen MR) is 58.5 cm³/mol. The first-order chi connectivity index (χ1) is 7.07. The van der Waals surface area contributed by atoms with Gasteiger partial charge in [0.25, 0.3) is 0 Å². The Labute approximate surface area is 90.7 Å². The Bertz CT molecular complexity index is 331. The summed E-state index contributed by atoms with van der Waals surface area (Å²) in [5.41, 5.74) is -0.791. The molecular formula is C13H18O2. The van der Waals surface area contributed by atoms with Gasteiger partial charge in [0.05, 0.1) is 5.41 Å². The van der Waals surface area contributed by atoms with E-state index in [-0.39, 0.29) is 17.0 Å². The molecule has 0 heterocycles. The van der Waals surface area contributed by atoms with E-state index in [9.17, 15) is 9.59 Å². The molecule has 0 aromatic rings. The Morgan fingerprint density at radius 3 is 2.60 bits per heavy atom. The average molecular weight is 206 g/mol. The quantitative estimate of drug-likeness (QED) is 0.514. The van der Waals surface area contributed by atoms with E-state index in [1.807, 2.05) is 0 Å². The highest BCUT2D eigenvalue weighted by Crippen LogP contribution is 2.59. The fraction of sp³-hybridized carbons (Fsp3) is 0.692. The topological polar surface area (TPSA) is 34.1 Å². The standard InChI is InChI=1S/C13H18O2/c1-3-7-13-10(14)5-4-8-12(13,2)9-6-11(13)15/h3H,1,4-9H2,2H3/t12-,13+/m0/s1. The van der Waals surface area contributed by atoms with Crippen LogP contribution >= 0.6 is 0 Å². The van der Waals surface area contributed by atoms with Crippen LogP contribution in [0.1, 0.15) is 45.4 Å². The van der Waals surface area contributed by atoms with E-state index >= 15 is 0 Å². The van der Waals surface area contributed by atoms with Crippen LogP contribution in [0.2, 0.25) is 0 Å². The van der Waals surface area contributed by atoms with Crippen molar-refractivity contribution in [1.29, 1.82) is 0 Å². The lowest BCUT2D eigenvalue weighted by atomic mass is 9.56. The first kappa shape index (κ1) is 10.6. The summed E-state index contributed by atoms with van der Waals surface area (Å²) in [4.78, 5) is 24.2. The molecule has 2 fully saturated rings. The predicted octanol–water partition coefficient (Wildman–Crippen LogP) is 2.67. The third kappa shape index (κ3) is 1.17. The van der Waals surface area contributed by atoms with Crippen LogP contribution in [0.25, 0.3) is 0 Å². The lowest BCUT2D eigenvalue weighted by molar-refractivity contribution is -0.148. The molecule has 2 aliphatic rings. The van der Waals surface area contributed by atoms with Gasteiger partial charge in [-0.1, -0.05) is 13.0 Å². The second-order valence-electron chi connectivity index (χ2n) is 5.16. The van der Waals surface area contributed by atoms with Gasteiger partial charge >= 0.3 is 0 Å². The monoisotopic (exact) mass is 206 g/mol. The maximum Gasteiger partial charge on any atom is 0.147 e. The summed E-state index contributed by atoms with van der Waals surface area (Å²) in [6.45, 7) is 5.82. The lowest BCUT2D eigenvalue weighted by Crippen LogP contribution is -2.49. The number of hydrogen-bond donors (Lipinski definition) is 0. The minimum atomic E-state index is -0.701. The minimum absolute atomic E-state index is 0.0897. The highest BCUT2D eigenvalue weighted by molar-refractivity contribution is 6.10. The van der Waals surface area contributed by atoms with Gasteiger partial charge in [0.15, 0.2) is 0 Å². The van der Waals surface area contributed by atoms with Crippen molar-refractivity contribution in [1.82, 2.24) is 0 Å². The number of carbonyl (C=O) groups is 2. The van der Waals surface area contributed by atoms with Gasteiger partial charge in [-0.3, -0.25) is 9.59 Å². The first-order valence-electron chi connectivity index (χ1n) is 5.74. The van der Waals surface area contributed by atoms with Crippen molar-refractivity contribution in [2.45, 2.75) is 45.4 Å². The summed E-state index contributed by atoms with van der Waals surface area (Å²) in [6, 6.07) is 0. The SMILES string of the molecule is C=CC[C@]12C(=O)CCC[C@@]1(C)CCC2=O. The van der Waals surface area contributed by atoms with Gasteiger partial charge in [0.2, 0.25) is 0 Å². The number of allylic oxidation sites excluding steroid dienone is 1. The minimum Gasteiger partial charge on any atom is -0.299 e. The number of rotatable bonds is 2. The molecule has 0 unspecified atom stereocenters. The molecule has 0 radical (unpaired) electrons. The number of carbonyl (C=O) groups excluding carboxylic acids is 2. The fourth-order valence-electron chi connectivity index (χ4n) is 3.53. The second-order valence-corrected chi connectivity index (χ2v) is 5.16. The molecule has 2 nitrogen and oxygen atoms in total. The van der Waals surface area contributed by atoms with Crippen LogP contribution in [0.15, 0.2) is 12.7 Å². The van der Waals surface area contributed by atoms with Crippen LogP contribution < -0.4 is 0 Å². The van der Waals surface area contributed by atoms with E-state index in [1.165, 1.54) is 0 Å². The van der Waals surface area contributed by atoms with Crippen LogP contribution in [0.4, 0.5) is 0 Å². The Hall–Kier alpha value is -0.920. The zero-order chi connectivity index (χ0) is 11.1. The molecule has 2 saturated carbocycles. The van der Waals surface area contributed by atoms with Crippen molar-refractivity contribution >= 4 is 11.6 Å². The third-order valence-electron chi connectivity index (χ3n) is 4.47. The van der Waals surface area contributed by atoms with Crippen LogP contribution in [-0.2, 0) is 9.59 Å². The van der Waals surface area contributed by atoms with Crippen molar-refractivity contribution in [3.63, 3.8) is 0 Å². The van der Waals surface area contributed by atoms with Gasteiger partial charge in [0.1, 0.15) is 11.6 Å². The molecule has 0 aromatic heterocycles. The number of ketones is 2. The summed E-state index contributed by atoms with van der Waals surface area (Å²) in [5.74, 6) is 0.327. The van der Waals surface area contributed by atoms with Crippen molar-refractivity contribution in [3.05, 3.63) is 12.7 Å². The van der Waals surface area contributed by atoms with E-state index < -0.39 is 5.41 Å². The zero-order valence-corrected chi connectivity index (χ0v) is 9.34. The van der Waals surface area contributed by atoms with E-state index in [2.05, 4.69) is 13.5 Å². The summed E-state index contributed by atoms with van der Waals surface area (Å²) >= 11 is 0. The van der Waals surface area contributed by atoms with Gasteiger partial charge < -0.3 is 0 Å². The molecule has 0 saturated heterocycles. The largest absolute Gasteiger partial charge is 0.299 e. The molecule has 2 atom stereocenters. The second kappa shape index (κ2) is 3.29. The van der Waals surface area contributed by atoms with E-state index in [4.69, 9.17) is 0 Å². The smallest absolute Gasteiger partial charge is 0.147 e. The van der Waals surface area contributed by atoms with E-state index in [0.717, 1.165) is 19.3 Å². The molecule has 0 amide bonds. The van der Waals surface area contributed by atoms with E-state index in [1.54, 1.807) is 6.08 Å². The zero-order valence-electron chi connectivity index (χ0n) is 9.34. The molecule has 82 valence electrons. The summed E-state index contributed by atoms with van der Waals surface area (Å²) in [7, 11) is 0. The molecule has 2 heteroatoms. The molecular weight excluding hydrogens is 188 g/mol. The van der Waals surface area contributed by atoms with Gasteiger partial charge in [-0.15, -0.1) is 6.58 Å². The van der Waals surface area contributed by atoms with Crippen molar-refractivity contribution in [2.75, 3.05) is 0 Å². The van der Waals surface area contributed by atoms with Crippen LogP contribution in [0.3, 0.4) is 0 Å². The highest BCUT2D eigenvalue weighted by atomic mass is 16.2. The van der Waals surface area contributed by atoms with Crippen molar-refractivity contribution in [3.8, 4) is 0 Å². The Kier molecular flexibility index (Phi) is 2.32. The van der Waals surface area contributed by atoms with Crippen LogP contribution in [0.5, 0.6) is 0 Å². The molecule has 0 N–H and O–H groups in total. The van der Waals surface area contributed by atoms with E-state index in [0.29, 0.717) is 19.3 Å². The normalized spacial score (nSPS) is 40.3. The maximum absolute atomic E-state index is 12.1. The van der Waals surface area contributed by atoms with Gasteiger partial charge in [-0.25, -0.2) is 0 Å². The average Bonchev–Trinajstić information content (AvgIpc) is 2.45. The molecule has 0 bridgehead atoms. The number of Topliss-reactive ketones (excluding diaryl/α,β-unsaturated/α-hetero) is 2. The van der Waals surface area contributed by atoms with Crippen LogP contribution in [-0.4, -0.2) is 11.6 Å². The molecule has 15 heavy (non-hydrogen) atoms. The molecule has 0 aromatic carbocycles. The fourth-order valence-corrected chi connectivity index (χ4v) is 3.53. The number of hydrogen-bond acceptors (Lipinski definition) is 2. The Morgan fingerprint density at radius 2 is 1.93 bits per heavy atom. The van der Waals surface area contributed by atoms with Gasteiger partial charge in [-0.05, 0) is 31.1 Å². The first-order valence-corrected chi connectivity index (χ1v) is 5.74. The number of fused-ring (bicyclic) bond motifs is 1. The Morgan fingerprint density at radius 1 is 1.27 bits per heavy atom. The molecule has 2 aliphatic carbocycles. The summed E-state index contributed by atoms with van der Waals surface area (Å²) in [5, 5.41) is 0. The summed E-state index contributed by atoms with van der Waals surface area (Å²) in [6.07, 6.45) is 6.28. The highest BCUT2D eigenvalue weighted by Gasteiger charge is 2.61. The Balaban J connectivity index is 2.50. The van der Waals surface area contributed by atoms with Crippen molar-refractivity contribution < 1.29 is 9.59 Å². The maximum atomic E-state index is 12.1. The molecule has 2 rings (SSSR count). The molecule has 0 aliphatic heterocycles. The van der Waals surface area contributed by atoms with Gasteiger partial charge in [-0.2, -0.15) is 0 Å². The summed E-state index contributed by atoms with van der Waals surface area (Å²) < 4.78 is 0. The van der Waals surface area contributed by atoms with Crippen molar-refractivity contribution in [2.24, 2.45) is 10.8 Å². The molecule has 0 spiro atoms. The third-order valence-corrected chi connectivity index (χ3v) is 4.47. The van der Waals surface area contributed by atoms with Crippen LogP contribution in [0, 0.1) is 10.8 Å². The lowest BCUT2D eigenvalue weighted by Gasteiger charge is -2.44. The van der Waals surface area contributed by atoms with Gasteiger partial charge in [0, 0.05) is 12.8 Å².